The molecule has 1 aromatic rings. The Morgan fingerprint density at radius 2 is 2.00 bits per heavy atom. The Labute approximate surface area is 132 Å². The molecule has 3 N–H and O–H groups in total. The molecule has 1 aromatic carbocycles. The molecule has 1 unspecified atom stereocenters. The average Bonchev–Trinajstić information content (AvgIpc) is 3.02. The number of aliphatic hydroxyl groups is 1. The van der Waals surface area contributed by atoms with E-state index >= 15 is 0 Å². The summed E-state index contributed by atoms with van der Waals surface area (Å²) in [7, 11) is 0. The molecule has 0 saturated heterocycles. The van der Waals surface area contributed by atoms with E-state index in [0.717, 1.165) is 31.7 Å². The Hall–Kier alpha value is -1.66. The number of nitrogens with one attached hydrogen (secondary N) is 2. The molecule has 2 amide bonds. The molecule has 0 spiro atoms. The van der Waals surface area contributed by atoms with E-state index in [2.05, 4.69) is 10.6 Å². The summed E-state index contributed by atoms with van der Waals surface area (Å²) in [5, 5.41) is 14.5. The largest absolute Gasteiger partial charge is 0.391 e. The van der Waals surface area contributed by atoms with Crippen molar-refractivity contribution in [2.45, 2.75) is 31.8 Å². The van der Waals surface area contributed by atoms with Crippen molar-refractivity contribution in [2.75, 3.05) is 11.9 Å². The molecule has 1 saturated carbocycles. The monoisotopic (exact) mass is 328 g/mol. The maximum absolute atomic E-state index is 13.2. The number of carbonyl (C=O) groups is 2. The van der Waals surface area contributed by atoms with Gasteiger partial charge in [0.15, 0.2) is 0 Å². The Morgan fingerprint density at radius 3 is 2.64 bits per heavy atom. The minimum atomic E-state index is -0.916. The first-order valence-electron chi connectivity index (χ1n) is 7.19. The van der Waals surface area contributed by atoms with Crippen LogP contribution >= 0.6 is 11.6 Å². The molecule has 0 radical (unpaired) electrons. The zero-order valence-electron chi connectivity index (χ0n) is 11.9. The van der Waals surface area contributed by atoms with Crippen LogP contribution in [0.1, 0.15) is 25.7 Å². The SMILES string of the molecule is O=C(NCC(O)C1CCCC1)C(=O)Nc1ccc(Cl)c(F)c1. The van der Waals surface area contributed by atoms with E-state index in [9.17, 15) is 19.1 Å². The van der Waals surface area contributed by atoms with Crippen LogP contribution in [-0.4, -0.2) is 29.6 Å². The predicted molar refractivity (Wildman–Crippen MR) is 81.0 cm³/mol. The first-order valence-corrected chi connectivity index (χ1v) is 7.57. The predicted octanol–water partition coefficient (Wildman–Crippen LogP) is 2.08. The number of aliphatic hydroxyl groups excluding tert-OH is 1. The fourth-order valence-corrected chi connectivity index (χ4v) is 2.67. The lowest BCUT2D eigenvalue weighted by molar-refractivity contribution is -0.136. The molecular weight excluding hydrogens is 311 g/mol. The summed E-state index contributed by atoms with van der Waals surface area (Å²) in [4.78, 5) is 23.3. The van der Waals surface area contributed by atoms with Crippen LogP contribution in [0.2, 0.25) is 5.02 Å². The third kappa shape index (κ3) is 4.42. The smallest absolute Gasteiger partial charge is 0.313 e. The molecule has 0 aromatic heterocycles. The molecule has 7 heteroatoms. The van der Waals surface area contributed by atoms with Crippen LogP contribution in [0.25, 0.3) is 0 Å². The van der Waals surface area contributed by atoms with Gasteiger partial charge in [0.1, 0.15) is 5.82 Å². The Morgan fingerprint density at radius 1 is 1.32 bits per heavy atom. The van der Waals surface area contributed by atoms with Crippen molar-refractivity contribution in [1.82, 2.24) is 5.32 Å². The van der Waals surface area contributed by atoms with E-state index in [4.69, 9.17) is 11.6 Å². The summed E-state index contributed by atoms with van der Waals surface area (Å²) >= 11 is 5.53. The molecule has 0 bridgehead atoms. The first-order chi connectivity index (χ1) is 10.5. The fraction of sp³-hybridized carbons (Fsp3) is 0.467. The molecule has 5 nitrogen and oxygen atoms in total. The summed E-state index contributed by atoms with van der Waals surface area (Å²) < 4.78 is 13.2. The van der Waals surface area contributed by atoms with E-state index in [0.29, 0.717) is 0 Å². The lowest BCUT2D eigenvalue weighted by Gasteiger charge is -2.17. The molecular formula is C15H18ClFN2O3. The van der Waals surface area contributed by atoms with Gasteiger partial charge in [-0.05, 0) is 37.0 Å². The van der Waals surface area contributed by atoms with Crippen molar-refractivity contribution in [1.29, 1.82) is 0 Å². The fourth-order valence-electron chi connectivity index (χ4n) is 2.55. The quantitative estimate of drug-likeness (QED) is 0.740. The standard InChI is InChI=1S/C15H18ClFN2O3/c16-11-6-5-10(7-12(11)17)19-15(22)14(21)18-8-13(20)9-3-1-2-4-9/h5-7,9,13,20H,1-4,8H2,(H,18,21)(H,19,22). The van der Waals surface area contributed by atoms with Crippen molar-refractivity contribution in [3.63, 3.8) is 0 Å². The molecule has 0 heterocycles. The number of carbonyl (C=O) groups excluding carboxylic acids is 2. The second kappa shape index (κ2) is 7.56. The third-order valence-corrected chi connectivity index (χ3v) is 4.11. The lowest BCUT2D eigenvalue weighted by Crippen LogP contribution is -2.41. The van der Waals surface area contributed by atoms with Gasteiger partial charge in [0.25, 0.3) is 0 Å². The molecule has 120 valence electrons. The van der Waals surface area contributed by atoms with Crippen LogP contribution in [0.3, 0.4) is 0 Å². The van der Waals surface area contributed by atoms with Crippen LogP contribution in [-0.2, 0) is 9.59 Å². The summed E-state index contributed by atoms with van der Waals surface area (Å²) in [5.41, 5.74) is 0.137. The molecule has 1 aliphatic rings. The van der Waals surface area contributed by atoms with Crippen molar-refractivity contribution < 1.29 is 19.1 Å². The number of anilines is 1. The molecule has 1 fully saturated rings. The number of halogens is 2. The van der Waals surface area contributed by atoms with Gasteiger partial charge in [-0.2, -0.15) is 0 Å². The second-order valence-electron chi connectivity index (χ2n) is 5.40. The van der Waals surface area contributed by atoms with Crippen LogP contribution in [0.15, 0.2) is 18.2 Å². The van der Waals surface area contributed by atoms with Gasteiger partial charge in [-0.25, -0.2) is 4.39 Å². The Balaban J connectivity index is 1.81. The molecule has 1 aliphatic carbocycles. The highest BCUT2D eigenvalue weighted by molar-refractivity contribution is 6.39. The van der Waals surface area contributed by atoms with Gasteiger partial charge < -0.3 is 15.7 Å². The third-order valence-electron chi connectivity index (χ3n) is 3.80. The highest BCUT2D eigenvalue weighted by Gasteiger charge is 2.24. The normalized spacial score (nSPS) is 16.3. The zero-order chi connectivity index (χ0) is 16.1. The van der Waals surface area contributed by atoms with Crippen LogP contribution in [0.5, 0.6) is 0 Å². The van der Waals surface area contributed by atoms with Gasteiger partial charge in [0, 0.05) is 12.2 Å². The first kappa shape index (κ1) is 16.7. The van der Waals surface area contributed by atoms with Crippen molar-refractivity contribution in [3.05, 3.63) is 29.0 Å². The van der Waals surface area contributed by atoms with Crippen LogP contribution < -0.4 is 10.6 Å². The topological polar surface area (TPSA) is 78.4 Å². The van der Waals surface area contributed by atoms with E-state index < -0.39 is 23.7 Å². The molecule has 2 rings (SSSR count). The number of amides is 2. The van der Waals surface area contributed by atoms with Gasteiger partial charge in [0.2, 0.25) is 0 Å². The van der Waals surface area contributed by atoms with E-state index in [1.165, 1.54) is 12.1 Å². The Bertz CT molecular complexity index is 562. The minimum absolute atomic E-state index is 0.0336. The van der Waals surface area contributed by atoms with Gasteiger partial charge in [-0.15, -0.1) is 0 Å². The number of benzene rings is 1. The average molecular weight is 329 g/mol. The zero-order valence-corrected chi connectivity index (χ0v) is 12.7. The summed E-state index contributed by atoms with van der Waals surface area (Å²) in [6.45, 7) is 0.0336. The van der Waals surface area contributed by atoms with Crippen LogP contribution in [0, 0.1) is 11.7 Å². The van der Waals surface area contributed by atoms with E-state index in [-0.39, 0.29) is 23.2 Å². The molecule has 1 atom stereocenters. The summed E-state index contributed by atoms with van der Waals surface area (Å²) in [5.74, 6) is -2.29. The maximum atomic E-state index is 13.2. The second-order valence-corrected chi connectivity index (χ2v) is 5.81. The summed E-state index contributed by atoms with van der Waals surface area (Å²) in [6, 6.07) is 3.71. The lowest BCUT2D eigenvalue weighted by atomic mass is 10.0. The summed E-state index contributed by atoms with van der Waals surface area (Å²) in [6.07, 6.45) is 3.39. The molecule has 22 heavy (non-hydrogen) atoms. The van der Waals surface area contributed by atoms with Gasteiger partial charge in [-0.3, -0.25) is 9.59 Å². The number of hydrogen-bond acceptors (Lipinski definition) is 3. The number of hydrogen-bond donors (Lipinski definition) is 3. The van der Waals surface area contributed by atoms with E-state index in [1.807, 2.05) is 0 Å². The highest BCUT2D eigenvalue weighted by atomic mass is 35.5. The Kier molecular flexibility index (Phi) is 5.74. The van der Waals surface area contributed by atoms with Crippen molar-refractivity contribution in [3.8, 4) is 0 Å². The van der Waals surface area contributed by atoms with Crippen LogP contribution in [0.4, 0.5) is 10.1 Å². The highest BCUT2D eigenvalue weighted by Crippen LogP contribution is 2.27. The van der Waals surface area contributed by atoms with Crippen molar-refractivity contribution >= 4 is 29.1 Å². The minimum Gasteiger partial charge on any atom is -0.391 e. The number of rotatable bonds is 4. The molecule has 0 aliphatic heterocycles. The maximum Gasteiger partial charge on any atom is 0.313 e. The van der Waals surface area contributed by atoms with Gasteiger partial charge in [0.05, 0.1) is 11.1 Å². The van der Waals surface area contributed by atoms with Gasteiger partial charge in [-0.1, -0.05) is 24.4 Å². The van der Waals surface area contributed by atoms with E-state index in [1.54, 1.807) is 0 Å². The van der Waals surface area contributed by atoms with Gasteiger partial charge >= 0.3 is 11.8 Å². The van der Waals surface area contributed by atoms with Crippen molar-refractivity contribution in [2.24, 2.45) is 5.92 Å².